The summed E-state index contributed by atoms with van der Waals surface area (Å²) < 4.78 is 0. The van der Waals surface area contributed by atoms with Gasteiger partial charge in [-0.05, 0) is 57.8 Å². The quantitative estimate of drug-likeness (QED) is 0.660. The third kappa shape index (κ3) is 1.62. The molecule has 0 aromatic carbocycles. The SMILES string of the molecule is CCC1NCCC12CCN(C)CC2. The number of nitrogens with one attached hydrogen (secondary N) is 1. The first kappa shape index (κ1) is 9.47. The van der Waals surface area contributed by atoms with Crippen LogP contribution in [0.1, 0.15) is 32.6 Å². The van der Waals surface area contributed by atoms with Crippen LogP contribution >= 0.6 is 0 Å². The van der Waals surface area contributed by atoms with Crippen molar-refractivity contribution in [3.05, 3.63) is 0 Å². The molecule has 2 aliphatic rings. The van der Waals surface area contributed by atoms with E-state index >= 15 is 0 Å². The molecular formula is C11H22N2. The van der Waals surface area contributed by atoms with Gasteiger partial charge in [0.2, 0.25) is 0 Å². The summed E-state index contributed by atoms with van der Waals surface area (Å²) in [7, 11) is 2.25. The molecule has 0 saturated carbocycles. The van der Waals surface area contributed by atoms with E-state index < -0.39 is 0 Å². The second-order valence-electron chi connectivity index (χ2n) is 4.83. The Labute approximate surface area is 81.7 Å². The van der Waals surface area contributed by atoms with Gasteiger partial charge in [-0.15, -0.1) is 0 Å². The molecule has 0 aromatic rings. The third-order valence-corrected chi connectivity index (χ3v) is 4.14. The predicted molar refractivity (Wildman–Crippen MR) is 55.9 cm³/mol. The van der Waals surface area contributed by atoms with Crippen molar-refractivity contribution in [2.45, 2.75) is 38.6 Å². The van der Waals surface area contributed by atoms with Crippen molar-refractivity contribution in [1.82, 2.24) is 10.2 Å². The van der Waals surface area contributed by atoms with Crippen LogP contribution in [0.15, 0.2) is 0 Å². The fraction of sp³-hybridized carbons (Fsp3) is 1.00. The van der Waals surface area contributed by atoms with E-state index in [0.29, 0.717) is 5.41 Å². The van der Waals surface area contributed by atoms with E-state index in [0.717, 1.165) is 6.04 Å². The summed E-state index contributed by atoms with van der Waals surface area (Å²) in [6, 6.07) is 0.807. The van der Waals surface area contributed by atoms with Crippen LogP contribution in [0.5, 0.6) is 0 Å². The summed E-state index contributed by atoms with van der Waals surface area (Å²) in [6.07, 6.45) is 5.55. The lowest BCUT2D eigenvalue weighted by atomic mass is 9.72. The zero-order chi connectivity index (χ0) is 9.31. The zero-order valence-corrected chi connectivity index (χ0v) is 8.97. The molecule has 1 unspecified atom stereocenters. The molecule has 2 heterocycles. The molecule has 13 heavy (non-hydrogen) atoms. The predicted octanol–water partition coefficient (Wildman–Crippen LogP) is 1.47. The maximum absolute atomic E-state index is 3.66. The van der Waals surface area contributed by atoms with E-state index in [1.807, 2.05) is 0 Å². The van der Waals surface area contributed by atoms with Crippen molar-refractivity contribution >= 4 is 0 Å². The van der Waals surface area contributed by atoms with Gasteiger partial charge in [-0.25, -0.2) is 0 Å². The fourth-order valence-electron chi connectivity index (χ4n) is 3.13. The Balaban J connectivity index is 2.02. The van der Waals surface area contributed by atoms with Gasteiger partial charge in [0.05, 0.1) is 0 Å². The molecule has 0 radical (unpaired) electrons. The second-order valence-corrected chi connectivity index (χ2v) is 4.83. The standard InChI is InChI=1S/C11H22N2/c1-3-10-11(4-7-12-10)5-8-13(2)9-6-11/h10,12H,3-9H2,1-2H3. The Hall–Kier alpha value is -0.0800. The van der Waals surface area contributed by atoms with Gasteiger partial charge < -0.3 is 10.2 Å². The van der Waals surface area contributed by atoms with Crippen molar-refractivity contribution < 1.29 is 0 Å². The normalized spacial score (nSPS) is 34.2. The van der Waals surface area contributed by atoms with Gasteiger partial charge in [0.1, 0.15) is 0 Å². The van der Waals surface area contributed by atoms with Gasteiger partial charge >= 0.3 is 0 Å². The molecule has 1 N–H and O–H groups in total. The van der Waals surface area contributed by atoms with Gasteiger partial charge in [0, 0.05) is 6.04 Å². The molecule has 0 amide bonds. The Morgan fingerprint density at radius 3 is 2.62 bits per heavy atom. The smallest absolute Gasteiger partial charge is 0.0122 e. The number of piperidine rings is 1. The molecule has 2 aliphatic heterocycles. The number of hydrogen-bond donors (Lipinski definition) is 1. The molecule has 2 nitrogen and oxygen atoms in total. The molecule has 1 spiro atoms. The summed E-state index contributed by atoms with van der Waals surface area (Å²) >= 11 is 0. The van der Waals surface area contributed by atoms with Crippen molar-refractivity contribution in [2.75, 3.05) is 26.7 Å². The highest BCUT2D eigenvalue weighted by Crippen LogP contribution is 2.42. The third-order valence-electron chi connectivity index (χ3n) is 4.14. The van der Waals surface area contributed by atoms with E-state index in [2.05, 4.69) is 24.2 Å². The molecule has 2 saturated heterocycles. The average molecular weight is 182 g/mol. The van der Waals surface area contributed by atoms with Gasteiger partial charge in [-0.1, -0.05) is 6.92 Å². The minimum Gasteiger partial charge on any atom is -0.313 e. The molecule has 1 atom stereocenters. The maximum Gasteiger partial charge on any atom is 0.0122 e. The van der Waals surface area contributed by atoms with Gasteiger partial charge in [-0.3, -0.25) is 0 Å². The fourth-order valence-corrected chi connectivity index (χ4v) is 3.13. The number of hydrogen-bond acceptors (Lipinski definition) is 2. The second kappa shape index (κ2) is 3.58. The van der Waals surface area contributed by atoms with E-state index in [1.54, 1.807) is 0 Å². The van der Waals surface area contributed by atoms with E-state index in [4.69, 9.17) is 0 Å². The number of nitrogens with zero attached hydrogens (tertiary/aromatic N) is 1. The first-order valence-corrected chi connectivity index (χ1v) is 5.69. The van der Waals surface area contributed by atoms with Crippen molar-refractivity contribution in [2.24, 2.45) is 5.41 Å². The lowest BCUT2D eigenvalue weighted by molar-refractivity contribution is 0.106. The van der Waals surface area contributed by atoms with Crippen LogP contribution in [0.25, 0.3) is 0 Å². The number of likely N-dealkylation sites (tertiary alicyclic amines) is 1. The molecule has 76 valence electrons. The minimum atomic E-state index is 0.668. The van der Waals surface area contributed by atoms with Crippen molar-refractivity contribution in [1.29, 1.82) is 0 Å². The van der Waals surface area contributed by atoms with Gasteiger partial charge in [0.15, 0.2) is 0 Å². The summed E-state index contributed by atoms with van der Waals surface area (Å²) in [4.78, 5) is 2.47. The lowest BCUT2D eigenvalue weighted by Crippen LogP contribution is -2.44. The van der Waals surface area contributed by atoms with Crippen molar-refractivity contribution in [3.63, 3.8) is 0 Å². The highest BCUT2D eigenvalue weighted by molar-refractivity contribution is 4.98. The monoisotopic (exact) mass is 182 g/mol. The summed E-state index contributed by atoms with van der Waals surface area (Å²) in [5.41, 5.74) is 0.668. The Morgan fingerprint density at radius 1 is 1.31 bits per heavy atom. The minimum absolute atomic E-state index is 0.668. The first-order chi connectivity index (χ1) is 6.27. The molecule has 2 rings (SSSR count). The summed E-state index contributed by atoms with van der Waals surface area (Å²) in [5.74, 6) is 0. The van der Waals surface area contributed by atoms with Crippen LogP contribution in [0.3, 0.4) is 0 Å². The van der Waals surface area contributed by atoms with Crippen LogP contribution in [0.4, 0.5) is 0 Å². The molecule has 0 aromatic heterocycles. The highest BCUT2D eigenvalue weighted by Gasteiger charge is 2.42. The van der Waals surface area contributed by atoms with Crippen LogP contribution in [0.2, 0.25) is 0 Å². The molecule has 0 aliphatic carbocycles. The van der Waals surface area contributed by atoms with Gasteiger partial charge in [0.25, 0.3) is 0 Å². The topological polar surface area (TPSA) is 15.3 Å². The largest absolute Gasteiger partial charge is 0.313 e. The molecular weight excluding hydrogens is 160 g/mol. The van der Waals surface area contributed by atoms with Crippen molar-refractivity contribution in [3.8, 4) is 0 Å². The first-order valence-electron chi connectivity index (χ1n) is 5.69. The zero-order valence-electron chi connectivity index (χ0n) is 8.97. The Bertz CT molecular complexity index is 171. The Kier molecular flexibility index (Phi) is 2.61. The average Bonchev–Trinajstić information content (AvgIpc) is 2.54. The van der Waals surface area contributed by atoms with E-state index in [9.17, 15) is 0 Å². The van der Waals surface area contributed by atoms with Crippen LogP contribution in [0, 0.1) is 5.41 Å². The number of rotatable bonds is 1. The highest BCUT2D eigenvalue weighted by atomic mass is 15.1. The molecule has 0 bridgehead atoms. The van der Waals surface area contributed by atoms with Crippen LogP contribution in [-0.4, -0.2) is 37.6 Å². The van der Waals surface area contributed by atoms with Gasteiger partial charge in [-0.2, -0.15) is 0 Å². The van der Waals surface area contributed by atoms with E-state index in [1.165, 1.54) is 45.3 Å². The maximum atomic E-state index is 3.66. The van der Waals surface area contributed by atoms with Crippen LogP contribution in [-0.2, 0) is 0 Å². The van der Waals surface area contributed by atoms with E-state index in [-0.39, 0.29) is 0 Å². The molecule has 2 heteroatoms. The summed E-state index contributed by atoms with van der Waals surface area (Å²) in [5, 5.41) is 3.66. The molecule has 2 fully saturated rings. The Morgan fingerprint density at radius 2 is 2.00 bits per heavy atom. The summed E-state index contributed by atoms with van der Waals surface area (Å²) in [6.45, 7) is 6.18. The van der Waals surface area contributed by atoms with Crippen LogP contribution < -0.4 is 5.32 Å². The lowest BCUT2D eigenvalue weighted by Gasteiger charge is -2.41.